The first-order valence-electron chi connectivity index (χ1n) is 5.54. The second-order valence-corrected chi connectivity index (χ2v) is 3.78. The molecule has 0 atom stereocenters. The molecule has 0 spiro atoms. The predicted molar refractivity (Wildman–Crippen MR) is 62.1 cm³/mol. The second kappa shape index (κ2) is 5.97. The lowest BCUT2D eigenvalue weighted by atomic mass is 10.2. The fraction of sp³-hybridized carbons (Fsp3) is 0.600. The van der Waals surface area contributed by atoms with Crippen LogP contribution in [0.1, 0.15) is 32.6 Å². The Hall–Kier alpha value is -1.92. The number of H-pyrrole nitrogens is 1. The van der Waals surface area contributed by atoms with E-state index in [0.29, 0.717) is 6.54 Å². The van der Waals surface area contributed by atoms with E-state index in [1.165, 1.54) is 4.57 Å². The van der Waals surface area contributed by atoms with Crippen LogP contribution in [-0.4, -0.2) is 14.5 Å². The number of nitrogens with one attached hydrogen (secondary N) is 1. The van der Waals surface area contributed by atoms with Crippen LogP contribution in [0, 0.1) is 10.1 Å². The van der Waals surface area contributed by atoms with Gasteiger partial charge in [0.2, 0.25) is 0 Å². The van der Waals surface area contributed by atoms with E-state index in [1.54, 1.807) is 0 Å². The zero-order valence-corrected chi connectivity index (χ0v) is 9.64. The summed E-state index contributed by atoms with van der Waals surface area (Å²) < 4.78 is 1.18. The van der Waals surface area contributed by atoms with Crippen LogP contribution in [0.5, 0.6) is 0 Å². The maximum atomic E-state index is 11.4. The van der Waals surface area contributed by atoms with Crippen molar-refractivity contribution >= 4 is 5.69 Å². The van der Waals surface area contributed by atoms with E-state index in [0.717, 1.165) is 31.9 Å². The van der Waals surface area contributed by atoms with Crippen molar-refractivity contribution in [1.29, 1.82) is 0 Å². The SMILES string of the molecule is CCCCCCn1cc([N+](=O)[O-])c(=O)[nH]c1=O. The average Bonchev–Trinajstić information content (AvgIpc) is 2.26. The number of aromatic nitrogens is 2. The van der Waals surface area contributed by atoms with Crippen LogP contribution in [0.3, 0.4) is 0 Å². The van der Waals surface area contributed by atoms with E-state index in [4.69, 9.17) is 0 Å². The topological polar surface area (TPSA) is 98.0 Å². The number of aromatic amines is 1. The van der Waals surface area contributed by atoms with Gasteiger partial charge in [0.05, 0.1) is 11.1 Å². The van der Waals surface area contributed by atoms with E-state index >= 15 is 0 Å². The molecule has 1 aromatic heterocycles. The minimum atomic E-state index is -0.954. The highest BCUT2D eigenvalue weighted by molar-refractivity contribution is 5.20. The first-order valence-corrected chi connectivity index (χ1v) is 5.54. The third-order valence-corrected chi connectivity index (χ3v) is 2.44. The van der Waals surface area contributed by atoms with Gasteiger partial charge in [-0.15, -0.1) is 0 Å². The molecule has 0 amide bonds. The van der Waals surface area contributed by atoms with E-state index < -0.39 is 21.9 Å². The van der Waals surface area contributed by atoms with E-state index in [-0.39, 0.29) is 0 Å². The van der Waals surface area contributed by atoms with Gasteiger partial charge in [-0.1, -0.05) is 26.2 Å². The van der Waals surface area contributed by atoms with Crippen LogP contribution in [-0.2, 0) is 6.54 Å². The van der Waals surface area contributed by atoms with Gasteiger partial charge >= 0.3 is 16.9 Å². The molecule has 1 rings (SSSR count). The van der Waals surface area contributed by atoms with Crippen LogP contribution in [0.4, 0.5) is 5.69 Å². The molecule has 0 fully saturated rings. The fourth-order valence-electron chi connectivity index (χ4n) is 1.50. The summed E-state index contributed by atoms with van der Waals surface area (Å²) >= 11 is 0. The zero-order valence-electron chi connectivity index (χ0n) is 9.64. The molecular weight excluding hydrogens is 226 g/mol. The molecule has 94 valence electrons. The highest BCUT2D eigenvalue weighted by Crippen LogP contribution is 2.03. The lowest BCUT2D eigenvalue weighted by molar-refractivity contribution is -0.386. The largest absolute Gasteiger partial charge is 0.350 e. The number of aryl methyl sites for hydroxylation is 1. The van der Waals surface area contributed by atoms with Crippen molar-refractivity contribution in [3.05, 3.63) is 37.1 Å². The van der Waals surface area contributed by atoms with Crippen molar-refractivity contribution in [2.75, 3.05) is 0 Å². The molecule has 0 bridgehead atoms. The van der Waals surface area contributed by atoms with Gasteiger partial charge in [0.25, 0.3) is 0 Å². The summed E-state index contributed by atoms with van der Waals surface area (Å²) in [6.07, 6.45) is 4.85. The molecule has 0 saturated heterocycles. The number of hydrogen-bond acceptors (Lipinski definition) is 4. The van der Waals surface area contributed by atoms with Crippen molar-refractivity contribution < 1.29 is 4.92 Å². The first kappa shape index (κ1) is 13.1. The Kier molecular flexibility index (Phi) is 4.62. The molecule has 0 unspecified atom stereocenters. The highest BCUT2D eigenvalue weighted by Gasteiger charge is 2.14. The fourth-order valence-corrected chi connectivity index (χ4v) is 1.50. The Labute approximate surface area is 97.2 Å². The van der Waals surface area contributed by atoms with Gasteiger partial charge in [0.15, 0.2) is 0 Å². The van der Waals surface area contributed by atoms with Crippen molar-refractivity contribution in [3.63, 3.8) is 0 Å². The lowest BCUT2D eigenvalue weighted by Crippen LogP contribution is -2.30. The molecule has 7 nitrogen and oxygen atoms in total. The average molecular weight is 241 g/mol. The van der Waals surface area contributed by atoms with Crippen molar-refractivity contribution in [2.45, 2.75) is 39.2 Å². The zero-order chi connectivity index (χ0) is 12.8. The van der Waals surface area contributed by atoms with Crippen LogP contribution in [0.15, 0.2) is 15.8 Å². The lowest BCUT2D eigenvalue weighted by Gasteiger charge is -2.03. The van der Waals surface area contributed by atoms with Crippen LogP contribution < -0.4 is 11.2 Å². The quantitative estimate of drug-likeness (QED) is 0.456. The Morgan fingerprint density at radius 3 is 2.65 bits per heavy atom. The summed E-state index contributed by atoms with van der Waals surface area (Å²) in [4.78, 5) is 34.1. The molecule has 0 radical (unpaired) electrons. The van der Waals surface area contributed by atoms with Crippen molar-refractivity contribution in [3.8, 4) is 0 Å². The Morgan fingerprint density at radius 1 is 1.35 bits per heavy atom. The van der Waals surface area contributed by atoms with Gasteiger partial charge in [0, 0.05) is 6.54 Å². The molecule has 17 heavy (non-hydrogen) atoms. The van der Waals surface area contributed by atoms with Crippen molar-refractivity contribution in [2.24, 2.45) is 0 Å². The summed E-state index contributed by atoms with van der Waals surface area (Å²) in [5, 5.41) is 10.5. The van der Waals surface area contributed by atoms with Gasteiger partial charge in [-0.05, 0) is 6.42 Å². The monoisotopic (exact) mass is 241 g/mol. The maximum Gasteiger partial charge on any atom is 0.350 e. The normalized spacial score (nSPS) is 10.4. The molecular formula is C10H15N3O4. The number of unbranched alkanes of at least 4 members (excludes halogenated alkanes) is 3. The van der Waals surface area contributed by atoms with E-state index in [1.807, 2.05) is 4.98 Å². The summed E-state index contributed by atoms with van der Waals surface area (Å²) in [6, 6.07) is 0. The highest BCUT2D eigenvalue weighted by atomic mass is 16.6. The van der Waals surface area contributed by atoms with Crippen LogP contribution in [0.25, 0.3) is 0 Å². The number of nitrogens with zero attached hydrogens (tertiary/aromatic N) is 2. The summed E-state index contributed by atoms with van der Waals surface area (Å²) in [7, 11) is 0. The molecule has 0 aliphatic carbocycles. The molecule has 1 aromatic rings. The standard InChI is InChI=1S/C10H15N3O4/c1-2-3-4-5-6-12-7-8(13(16)17)9(14)11-10(12)15/h7H,2-6H2,1H3,(H,11,14,15). The number of nitro groups is 1. The van der Waals surface area contributed by atoms with Crippen molar-refractivity contribution in [1.82, 2.24) is 9.55 Å². The van der Waals surface area contributed by atoms with Crippen LogP contribution >= 0.6 is 0 Å². The Bertz CT molecular complexity index is 503. The van der Waals surface area contributed by atoms with Crippen LogP contribution in [0.2, 0.25) is 0 Å². The molecule has 0 aliphatic heterocycles. The molecule has 7 heteroatoms. The number of rotatable bonds is 6. The van der Waals surface area contributed by atoms with Gasteiger partial charge in [-0.25, -0.2) is 4.79 Å². The molecule has 1 heterocycles. The smallest absolute Gasteiger partial charge is 0.294 e. The van der Waals surface area contributed by atoms with Gasteiger partial charge in [-0.3, -0.25) is 24.5 Å². The van der Waals surface area contributed by atoms with E-state index in [9.17, 15) is 19.7 Å². The third-order valence-electron chi connectivity index (χ3n) is 2.44. The summed E-state index contributed by atoms with van der Waals surface area (Å²) in [5.74, 6) is 0. The maximum absolute atomic E-state index is 11.4. The minimum absolute atomic E-state index is 0.385. The molecule has 0 saturated carbocycles. The Balaban J connectivity index is 2.85. The predicted octanol–water partition coefficient (Wildman–Crippen LogP) is 1.03. The van der Waals surface area contributed by atoms with Gasteiger partial charge in [0.1, 0.15) is 0 Å². The second-order valence-electron chi connectivity index (χ2n) is 3.78. The van der Waals surface area contributed by atoms with E-state index in [2.05, 4.69) is 6.92 Å². The first-order chi connectivity index (χ1) is 8.06. The summed E-state index contributed by atoms with van der Waals surface area (Å²) in [6.45, 7) is 2.45. The number of hydrogen-bond donors (Lipinski definition) is 1. The summed E-state index contributed by atoms with van der Waals surface area (Å²) in [5.41, 5.74) is -2.15. The molecule has 1 N–H and O–H groups in total. The molecule has 0 aromatic carbocycles. The Morgan fingerprint density at radius 2 is 2.06 bits per heavy atom. The minimum Gasteiger partial charge on any atom is -0.294 e. The third kappa shape index (κ3) is 3.54. The van der Waals surface area contributed by atoms with Gasteiger partial charge in [-0.2, -0.15) is 0 Å². The molecule has 0 aliphatic rings. The van der Waals surface area contributed by atoms with Gasteiger partial charge < -0.3 is 0 Å².